The third-order valence-electron chi connectivity index (χ3n) is 14.7. The molecule has 0 fully saturated rings. The molecule has 0 atom stereocenters. The maximum atomic E-state index is 12.1. The lowest BCUT2D eigenvalue weighted by Gasteiger charge is -2.38. The zero-order valence-electron chi connectivity index (χ0n) is 43.2. The molecule has 6 nitrogen and oxygen atoms in total. The average molecular weight is 959 g/mol. The van der Waals surface area contributed by atoms with Crippen LogP contribution in [-0.4, -0.2) is 39.6 Å². The number of esters is 2. The predicted octanol–water partition coefficient (Wildman–Crippen LogP) is 16.6. The number of methoxy groups -OCH3 is 2. The van der Waals surface area contributed by atoms with Crippen molar-refractivity contribution in [1.82, 2.24) is 0 Å². The van der Waals surface area contributed by atoms with Crippen molar-refractivity contribution in [2.75, 3.05) is 14.2 Å². The predicted molar refractivity (Wildman–Crippen MR) is 286 cm³/mol. The summed E-state index contributed by atoms with van der Waals surface area (Å²) in [7, 11) is 0.937. The van der Waals surface area contributed by atoms with Crippen molar-refractivity contribution in [2.24, 2.45) is 0 Å². The minimum atomic E-state index is -1.91. The number of rotatable bonds is 14. The van der Waals surface area contributed by atoms with Gasteiger partial charge in [0, 0.05) is 20.6 Å². The highest BCUT2D eigenvalue weighted by atomic mass is 32.1. The monoisotopic (exact) mass is 958 g/mol. The van der Waals surface area contributed by atoms with Gasteiger partial charge < -0.3 is 19.0 Å². The van der Waals surface area contributed by atoms with Gasteiger partial charge in [-0.15, -0.1) is 22.7 Å². The molecule has 0 bridgehead atoms. The molecule has 6 aromatic rings. The number of benzene rings is 4. The fraction of sp³-hybridized carbons (Fsp3) is 0.414. The number of ether oxygens (including phenoxy) is 2. The van der Waals surface area contributed by atoms with E-state index in [-0.39, 0.29) is 27.8 Å². The second kappa shape index (κ2) is 21.1. The number of carbonyl (C=O) groups is 2. The van der Waals surface area contributed by atoms with E-state index >= 15 is 0 Å². The summed E-state index contributed by atoms with van der Waals surface area (Å²) < 4.78 is 16.5. The van der Waals surface area contributed by atoms with Crippen LogP contribution in [0.25, 0.3) is 20.9 Å². The van der Waals surface area contributed by atoms with Gasteiger partial charge in [-0.05, 0) is 176 Å². The van der Waals surface area contributed by atoms with Gasteiger partial charge in [-0.3, -0.25) is 0 Å². The maximum absolute atomic E-state index is 12.1. The van der Waals surface area contributed by atoms with Gasteiger partial charge in [0.15, 0.2) is 0 Å². The van der Waals surface area contributed by atoms with E-state index in [1.54, 1.807) is 6.07 Å². The summed E-state index contributed by atoms with van der Waals surface area (Å²) in [6, 6.07) is 30.1. The van der Waals surface area contributed by atoms with Crippen molar-refractivity contribution in [3.63, 3.8) is 0 Å². The zero-order valence-corrected chi connectivity index (χ0v) is 45.8. The minimum absolute atomic E-state index is 0.0781. The molecule has 4 aromatic carbocycles. The summed E-state index contributed by atoms with van der Waals surface area (Å²) in [5.74, 6) is 0.779. The molecule has 0 radical (unpaired) electrons. The van der Waals surface area contributed by atoms with Crippen molar-refractivity contribution in [3.8, 4) is 32.4 Å². The molecular formula is C58H74O6S2Si. The first kappa shape index (κ1) is 53.0. The summed E-state index contributed by atoms with van der Waals surface area (Å²) in [6.07, 6.45) is 3.96. The molecule has 1 N–H and O–H groups in total. The van der Waals surface area contributed by atoms with E-state index in [0.29, 0.717) is 15.5 Å². The Bertz CT molecular complexity index is 2720. The van der Waals surface area contributed by atoms with Crippen molar-refractivity contribution in [2.45, 2.75) is 145 Å². The summed E-state index contributed by atoms with van der Waals surface area (Å²) >= 11 is 2.99. The highest BCUT2D eigenvalue weighted by molar-refractivity contribution is 7.18. The molecule has 0 saturated carbocycles. The van der Waals surface area contributed by atoms with Gasteiger partial charge in [0.1, 0.15) is 21.3 Å². The Balaban J connectivity index is 0.000000256. The summed E-state index contributed by atoms with van der Waals surface area (Å²) in [5.41, 5.74) is 14.0. The summed E-state index contributed by atoms with van der Waals surface area (Å²) in [4.78, 5) is 27.5. The van der Waals surface area contributed by atoms with Crippen LogP contribution in [0.5, 0.6) is 11.5 Å². The molecular weight excluding hydrogens is 885 g/mol. The lowest BCUT2D eigenvalue weighted by molar-refractivity contribution is 0.0597. The standard InChI is InChI=1S/C32H44O3SSi.C26H30O3S/c1-12-32(13-2,25-15-17-27(22(4)19-25)35-37(10,11)31(6,7)8)24-14-16-26(21(3)18-24)29-23(5)20-28(36-29)30(33)34-9;1-7-26(8-2,20-10-12-22(27)17(4)14-20)19-9-11-21(16(3)13-19)24-18(5)15-23(30-24)25(28)29-6/h14-20H,12-13H2,1-11H3;9-15,27H,7-8H2,1-6H3. The lowest BCUT2D eigenvalue weighted by Crippen LogP contribution is -2.44. The van der Waals surface area contributed by atoms with Crippen molar-refractivity contribution in [1.29, 1.82) is 0 Å². The Morgan fingerprint density at radius 2 is 0.881 bits per heavy atom. The van der Waals surface area contributed by atoms with E-state index in [1.165, 1.54) is 81.4 Å². The van der Waals surface area contributed by atoms with Crippen LogP contribution in [0.1, 0.15) is 149 Å². The fourth-order valence-electron chi connectivity index (χ4n) is 9.24. The molecule has 358 valence electrons. The van der Waals surface area contributed by atoms with E-state index in [9.17, 15) is 14.7 Å². The number of aryl methyl sites for hydroxylation is 6. The first-order chi connectivity index (χ1) is 31.5. The first-order valence-corrected chi connectivity index (χ1v) is 28.2. The highest BCUT2D eigenvalue weighted by Crippen LogP contribution is 2.46. The molecule has 9 heteroatoms. The molecule has 2 heterocycles. The second-order valence-electron chi connectivity index (χ2n) is 19.7. The van der Waals surface area contributed by atoms with E-state index in [4.69, 9.17) is 13.9 Å². The summed E-state index contributed by atoms with van der Waals surface area (Å²) in [5, 5.41) is 10.1. The molecule has 0 saturated heterocycles. The van der Waals surface area contributed by atoms with Crippen LogP contribution in [0.15, 0.2) is 84.9 Å². The molecule has 0 unspecified atom stereocenters. The van der Waals surface area contributed by atoms with Gasteiger partial charge in [-0.1, -0.05) is 109 Å². The van der Waals surface area contributed by atoms with Crippen LogP contribution >= 0.6 is 22.7 Å². The topological polar surface area (TPSA) is 82.1 Å². The van der Waals surface area contributed by atoms with Crippen LogP contribution in [0.3, 0.4) is 0 Å². The summed E-state index contributed by atoms with van der Waals surface area (Å²) in [6.45, 7) is 33.0. The van der Waals surface area contributed by atoms with Crippen LogP contribution < -0.4 is 4.43 Å². The average Bonchev–Trinajstić information content (AvgIpc) is 3.88. The number of thiophene rings is 2. The van der Waals surface area contributed by atoms with Crippen molar-refractivity contribution in [3.05, 3.63) is 150 Å². The van der Waals surface area contributed by atoms with E-state index in [0.717, 1.165) is 63.4 Å². The number of phenolic OH excluding ortho intramolecular Hbond substituents is 1. The van der Waals surface area contributed by atoms with Gasteiger partial charge in [0.2, 0.25) is 8.32 Å². The van der Waals surface area contributed by atoms with Gasteiger partial charge in [-0.2, -0.15) is 0 Å². The van der Waals surface area contributed by atoms with Crippen molar-refractivity contribution >= 4 is 42.9 Å². The molecule has 2 aromatic heterocycles. The molecule has 0 aliphatic heterocycles. The third kappa shape index (κ3) is 10.7. The number of phenols is 1. The largest absolute Gasteiger partial charge is 0.543 e. The van der Waals surface area contributed by atoms with Gasteiger partial charge in [0.25, 0.3) is 0 Å². The van der Waals surface area contributed by atoms with Crippen LogP contribution in [0.2, 0.25) is 18.1 Å². The molecule has 0 spiro atoms. The van der Waals surface area contributed by atoms with Crippen LogP contribution in [-0.2, 0) is 20.3 Å². The number of hydrogen-bond donors (Lipinski definition) is 1. The molecule has 0 aliphatic carbocycles. The van der Waals surface area contributed by atoms with Crippen LogP contribution in [0.4, 0.5) is 0 Å². The Morgan fingerprint density at radius 1 is 0.522 bits per heavy atom. The second-order valence-corrected chi connectivity index (χ2v) is 26.5. The van der Waals surface area contributed by atoms with E-state index in [1.807, 2.05) is 32.0 Å². The van der Waals surface area contributed by atoms with E-state index in [2.05, 4.69) is 150 Å². The zero-order chi connectivity index (χ0) is 49.8. The molecule has 0 amide bonds. The fourth-order valence-corrected chi connectivity index (χ4v) is 12.7. The first-order valence-electron chi connectivity index (χ1n) is 23.7. The third-order valence-corrected chi connectivity index (χ3v) is 21.6. The SMILES string of the molecule is CCC(CC)(c1ccc(O)c(C)c1)c1ccc(-c2sc(C(=O)OC)cc2C)c(C)c1.CCC(CC)(c1ccc(O[Si](C)(C)C(C)(C)C)c(C)c1)c1ccc(-c2sc(C(=O)OC)cc2C)c(C)c1. The number of hydrogen-bond acceptors (Lipinski definition) is 8. The number of aromatic hydroxyl groups is 1. The highest BCUT2D eigenvalue weighted by Gasteiger charge is 2.40. The lowest BCUT2D eigenvalue weighted by atomic mass is 9.70. The molecule has 67 heavy (non-hydrogen) atoms. The van der Waals surface area contributed by atoms with E-state index < -0.39 is 8.32 Å². The quantitative estimate of drug-likeness (QED) is 0.0865. The Kier molecular flexibility index (Phi) is 16.7. The van der Waals surface area contributed by atoms with Crippen LogP contribution in [0, 0.1) is 41.5 Å². The van der Waals surface area contributed by atoms with Gasteiger partial charge in [0.05, 0.1) is 14.2 Å². The van der Waals surface area contributed by atoms with Crippen molar-refractivity contribution < 1.29 is 28.6 Å². The normalized spacial score (nSPS) is 12.1. The smallest absolute Gasteiger partial charge is 0.348 e. The Morgan fingerprint density at radius 3 is 1.21 bits per heavy atom. The Hall–Kier alpha value is -4.96. The molecule has 0 aliphatic rings. The Labute approximate surface area is 410 Å². The van der Waals surface area contributed by atoms with Gasteiger partial charge in [-0.25, -0.2) is 9.59 Å². The number of carbonyl (C=O) groups excluding carboxylic acids is 2. The maximum Gasteiger partial charge on any atom is 0.348 e. The van der Waals surface area contributed by atoms with Gasteiger partial charge >= 0.3 is 11.9 Å². The molecule has 6 rings (SSSR count). The minimum Gasteiger partial charge on any atom is -0.543 e.